The smallest absolute Gasteiger partial charge is 0.351 e. The van der Waals surface area contributed by atoms with Crippen molar-refractivity contribution in [2.24, 2.45) is 0 Å². The molecule has 1 aliphatic rings. The SMILES string of the molecule is C=CCOC(=O)/C(C#N)=C1\S[C@H](Cc2ccccc2OCC(=O)O)C(=O)N1CC. The Morgan fingerprint density at radius 1 is 1.41 bits per heavy atom. The minimum atomic E-state index is -1.11. The number of carboxylic acid groups (broad SMARTS) is 1. The number of hydrogen-bond acceptors (Lipinski definition) is 7. The zero-order valence-corrected chi connectivity index (χ0v) is 16.6. The van der Waals surface area contributed by atoms with E-state index in [9.17, 15) is 19.6 Å². The third-order valence-corrected chi connectivity index (χ3v) is 5.25. The average Bonchev–Trinajstić information content (AvgIpc) is 3.01. The maximum atomic E-state index is 12.8. The van der Waals surface area contributed by atoms with Gasteiger partial charge in [-0.1, -0.05) is 42.6 Å². The highest BCUT2D eigenvalue weighted by Gasteiger charge is 2.39. The predicted molar refractivity (Wildman–Crippen MR) is 106 cm³/mol. The molecule has 1 aromatic carbocycles. The fraction of sp³-hybridized carbons (Fsp3) is 0.300. The summed E-state index contributed by atoms with van der Waals surface area (Å²) in [6.07, 6.45) is 1.64. The van der Waals surface area contributed by atoms with Gasteiger partial charge in [-0.2, -0.15) is 5.26 Å². The van der Waals surface area contributed by atoms with E-state index >= 15 is 0 Å². The van der Waals surface area contributed by atoms with Crippen molar-refractivity contribution in [2.75, 3.05) is 19.8 Å². The second-order valence-corrected chi connectivity index (χ2v) is 7.05. The molecule has 1 aromatic rings. The van der Waals surface area contributed by atoms with Gasteiger partial charge in [-0.05, 0) is 25.0 Å². The number of carboxylic acids is 1. The summed E-state index contributed by atoms with van der Waals surface area (Å²) in [5.41, 5.74) is 0.426. The molecule has 1 heterocycles. The minimum Gasteiger partial charge on any atom is -0.482 e. The third kappa shape index (κ3) is 5.39. The van der Waals surface area contributed by atoms with E-state index in [2.05, 4.69) is 6.58 Å². The molecule has 2 rings (SSSR count). The monoisotopic (exact) mass is 416 g/mol. The van der Waals surface area contributed by atoms with Crippen LogP contribution in [0.15, 0.2) is 47.5 Å². The van der Waals surface area contributed by atoms with Gasteiger partial charge in [0.1, 0.15) is 23.5 Å². The summed E-state index contributed by atoms with van der Waals surface area (Å²) in [7, 11) is 0. The van der Waals surface area contributed by atoms with Crippen molar-refractivity contribution in [3.63, 3.8) is 0 Å². The molecule has 0 saturated carbocycles. The maximum absolute atomic E-state index is 12.8. The van der Waals surface area contributed by atoms with E-state index in [1.807, 2.05) is 6.07 Å². The zero-order chi connectivity index (χ0) is 21.4. The highest BCUT2D eigenvalue weighted by Crippen LogP contribution is 2.39. The third-order valence-electron chi connectivity index (χ3n) is 3.95. The molecule has 0 aromatic heterocycles. The van der Waals surface area contributed by atoms with Gasteiger partial charge in [0.25, 0.3) is 0 Å². The second-order valence-electron chi connectivity index (χ2n) is 5.86. The number of nitrogens with zero attached hydrogens (tertiary/aromatic N) is 2. The van der Waals surface area contributed by atoms with Gasteiger partial charge >= 0.3 is 11.9 Å². The Kier molecular flexibility index (Phi) is 7.86. The molecule has 1 atom stereocenters. The van der Waals surface area contributed by atoms with Crippen LogP contribution < -0.4 is 4.74 Å². The van der Waals surface area contributed by atoms with Crippen LogP contribution >= 0.6 is 11.8 Å². The van der Waals surface area contributed by atoms with Gasteiger partial charge in [0, 0.05) is 6.54 Å². The van der Waals surface area contributed by atoms with E-state index < -0.39 is 23.8 Å². The van der Waals surface area contributed by atoms with Crippen LogP contribution in [0, 0.1) is 11.3 Å². The number of amides is 1. The van der Waals surface area contributed by atoms with Crippen molar-refractivity contribution in [1.82, 2.24) is 4.90 Å². The van der Waals surface area contributed by atoms with Gasteiger partial charge < -0.3 is 19.5 Å². The topological polar surface area (TPSA) is 117 Å². The van der Waals surface area contributed by atoms with Crippen LogP contribution in [0.5, 0.6) is 5.75 Å². The molecule has 29 heavy (non-hydrogen) atoms. The minimum absolute atomic E-state index is 0.0419. The zero-order valence-electron chi connectivity index (χ0n) is 15.8. The van der Waals surface area contributed by atoms with Crippen molar-refractivity contribution < 1.29 is 29.0 Å². The second kappa shape index (κ2) is 10.3. The molecule has 1 saturated heterocycles. The first-order valence-electron chi connectivity index (χ1n) is 8.75. The van der Waals surface area contributed by atoms with E-state index in [-0.39, 0.29) is 36.1 Å². The predicted octanol–water partition coefficient (Wildman–Crippen LogP) is 2.12. The lowest BCUT2D eigenvalue weighted by molar-refractivity contribution is -0.139. The Bertz CT molecular complexity index is 889. The van der Waals surface area contributed by atoms with Gasteiger partial charge in [-0.15, -0.1) is 0 Å². The standard InChI is InChI=1S/C20H20N2O6S/c1-3-9-27-20(26)14(11-21)19-22(4-2)18(25)16(29-19)10-13-7-5-6-8-15(13)28-12-17(23)24/h3,5-8,16H,1,4,9-10,12H2,2H3,(H,23,24)/b19-14-/t16-/m1/s1. The Morgan fingerprint density at radius 3 is 2.76 bits per heavy atom. The summed E-state index contributed by atoms with van der Waals surface area (Å²) in [6.45, 7) is 4.95. The Hall–Kier alpha value is -3.25. The number of hydrogen-bond donors (Lipinski definition) is 1. The number of carbonyl (C=O) groups excluding carboxylic acids is 2. The molecule has 0 spiro atoms. The number of ether oxygens (including phenoxy) is 2. The van der Waals surface area contributed by atoms with E-state index in [0.717, 1.165) is 11.8 Å². The normalized spacial score (nSPS) is 17.4. The number of thioether (sulfide) groups is 1. The van der Waals surface area contributed by atoms with Gasteiger partial charge in [0.15, 0.2) is 12.2 Å². The quantitative estimate of drug-likeness (QED) is 0.282. The lowest BCUT2D eigenvalue weighted by Crippen LogP contribution is -2.30. The van der Waals surface area contributed by atoms with E-state index in [4.69, 9.17) is 14.6 Å². The molecule has 1 aliphatic heterocycles. The number of aliphatic carboxylic acids is 1. The van der Waals surface area contributed by atoms with E-state index in [1.165, 1.54) is 11.0 Å². The molecule has 0 aliphatic carbocycles. The molecule has 1 N–H and O–H groups in total. The largest absolute Gasteiger partial charge is 0.482 e. The van der Waals surface area contributed by atoms with Crippen LogP contribution in [0.2, 0.25) is 0 Å². The summed E-state index contributed by atoms with van der Waals surface area (Å²) in [6, 6.07) is 8.67. The van der Waals surface area contributed by atoms with Crippen LogP contribution in [0.25, 0.3) is 0 Å². The molecular weight excluding hydrogens is 396 g/mol. The van der Waals surface area contributed by atoms with Crippen LogP contribution in [0.4, 0.5) is 0 Å². The highest BCUT2D eigenvalue weighted by atomic mass is 32.2. The number of nitriles is 1. The van der Waals surface area contributed by atoms with Crippen LogP contribution in [0.3, 0.4) is 0 Å². The summed E-state index contributed by atoms with van der Waals surface area (Å²) in [4.78, 5) is 37.2. The summed E-state index contributed by atoms with van der Waals surface area (Å²) >= 11 is 1.11. The van der Waals surface area contributed by atoms with Gasteiger partial charge in [-0.25, -0.2) is 9.59 Å². The van der Waals surface area contributed by atoms with E-state index in [0.29, 0.717) is 11.3 Å². The number of para-hydroxylation sites is 1. The number of benzene rings is 1. The summed E-state index contributed by atoms with van der Waals surface area (Å²) in [5, 5.41) is 17.9. The number of esters is 1. The number of carbonyl (C=O) groups is 3. The maximum Gasteiger partial charge on any atom is 0.351 e. The molecule has 0 radical (unpaired) electrons. The lowest BCUT2D eigenvalue weighted by Gasteiger charge is -2.15. The molecule has 8 nitrogen and oxygen atoms in total. The van der Waals surface area contributed by atoms with Crippen molar-refractivity contribution >= 4 is 29.6 Å². The molecule has 0 unspecified atom stereocenters. The lowest BCUT2D eigenvalue weighted by atomic mass is 10.1. The molecule has 9 heteroatoms. The highest BCUT2D eigenvalue weighted by molar-refractivity contribution is 8.04. The molecule has 152 valence electrons. The summed E-state index contributed by atoms with van der Waals surface area (Å²) < 4.78 is 10.2. The van der Waals surface area contributed by atoms with Crippen LogP contribution in [-0.2, 0) is 25.5 Å². The Labute approximate surface area is 172 Å². The Balaban J connectivity index is 2.29. The fourth-order valence-electron chi connectivity index (χ4n) is 2.69. The number of rotatable bonds is 9. The van der Waals surface area contributed by atoms with Crippen LogP contribution in [-0.4, -0.2) is 52.9 Å². The first-order valence-corrected chi connectivity index (χ1v) is 9.63. The van der Waals surface area contributed by atoms with Crippen molar-refractivity contribution in [3.05, 3.63) is 53.1 Å². The first kappa shape index (κ1) is 22.0. The fourth-order valence-corrected chi connectivity index (χ4v) is 4.04. The molecular formula is C20H20N2O6S. The van der Waals surface area contributed by atoms with Gasteiger partial charge in [0.2, 0.25) is 5.91 Å². The van der Waals surface area contributed by atoms with Gasteiger partial charge in [0.05, 0.1) is 5.25 Å². The summed E-state index contributed by atoms with van der Waals surface area (Å²) in [5.74, 6) is -1.79. The molecule has 0 bridgehead atoms. The van der Waals surface area contributed by atoms with Crippen molar-refractivity contribution in [3.8, 4) is 11.8 Å². The van der Waals surface area contributed by atoms with Crippen molar-refractivity contribution in [1.29, 1.82) is 5.26 Å². The Morgan fingerprint density at radius 2 is 2.14 bits per heavy atom. The average molecular weight is 416 g/mol. The van der Waals surface area contributed by atoms with Crippen molar-refractivity contribution in [2.45, 2.75) is 18.6 Å². The molecule has 1 amide bonds. The van der Waals surface area contributed by atoms with Gasteiger partial charge in [-0.3, -0.25) is 4.79 Å². The van der Waals surface area contributed by atoms with E-state index in [1.54, 1.807) is 31.2 Å². The first-order chi connectivity index (χ1) is 13.9. The van der Waals surface area contributed by atoms with Crippen LogP contribution in [0.1, 0.15) is 12.5 Å². The molecule has 1 fully saturated rings.